The molecule has 0 heterocycles. The Bertz CT molecular complexity index is 225. The van der Waals surface area contributed by atoms with Crippen LogP contribution in [0.25, 0.3) is 0 Å². The van der Waals surface area contributed by atoms with Gasteiger partial charge in [0.05, 0.1) is 0 Å². The van der Waals surface area contributed by atoms with Crippen molar-refractivity contribution in [1.82, 2.24) is 0 Å². The molecule has 0 spiro atoms. The Labute approximate surface area is 86.6 Å². The fourth-order valence-electron chi connectivity index (χ4n) is 3.13. The number of carbonyl (C=O) groups excluding carboxylic acids is 1. The number of rotatable bonds is 2. The zero-order valence-electron chi connectivity index (χ0n) is 8.87. The van der Waals surface area contributed by atoms with Gasteiger partial charge in [-0.15, -0.1) is 0 Å². The number of allylic oxidation sites excluding steroid dienone is 2. The van der Waals surface area contributed by atoms with Crippen molar-refractivity contribution in [3.8, 4) is 0 Å². The molecule has 2 aliphatic carbocycles. The third-order valence-corrected chi connectivity index (χ3v) is 4.09. The normalized spacial score (nSPS) is 34.3. The first-order chi connectivity index (χ1) is 6.87. The molecule has 0 amide bonds. The van der Waals surface area contributed by atoms with Crippen molar-refractivity contribution in [3.63, 3.8) is 0 Å². The molecule has 0 aromatic rings. The van der Waals surface area contributed by atoms with Crippen LogP contribution in [0.1, 0.15) is 51.4 Å². The standard InChI is InChI=1S/C13H20O/c14-11-13(9-5-2-6-10-13)12-7-3-1-4-8-12/h2,5,11-12H,1,3-4,6-10H2. The molecule has 2 aliphatic rings. The summed E-state index contributed by atoms with van der Waals surface area (Å²) in [6.45, 7) is 0. The van der Waals surface area contributed by atoms with Gasteiger partial charge in [0.2, 0.25) is 0 Å². The third-order valence-electron chi connectivity index (χ3n) is 4.09. The van der Waals surface area contributed by atoms with E-state index in [1.54, 1.807) is 0 Å². The van der Waals surface area contributed by atoms with Crippen molar-refractivity contribution in [1.29, 1.82) is 0 Å². The van der Waals surface area contributed by atoms with Crippen molar-refractivity contribution in [3.05, 3.63) is 12.2 Å². The molecule has 2 rings (SSSR count). The van der Waals surface area contributed by atoms with Crippen LogP contribution in [-0.2, 0) is 4.79 Å². The molecule has 0 saturated heterocycles. The Balaban J connectivity index is 2.09. The lowest BCUT2D eigenvalue weighted by molar-refractivity contribution is -0.120. The summed E-state index contributed by atoms with van der Waals surface area (Å²) in [5.41, 5.74) is 0.0230. The van der Waals surface area contributed by atoms with Gasteiger partial charge in [-0.2, -0.15) is 0 Å². The van der Waals surface area contributed by atoms with Crippen molar-refractivity contribution in [2.75, 3.05) is 0 Å². The average molecular weight is 192 g/mol. The summed E-state index contributed by atoms with van der Waals surface area (Å²) in [5, 5.41) is 0. The van der Waals surface area contributed by atoms with E-state index in [2.05, 4.69) is 12.2 Å². The third kappa shape index (κ3) is 1.77. The fourth-order valence-corrected chi connectivity index (χ4v) is 3.13. The van der Waals surface area contributed by atoms with Crippen LogP contribution < -0.4 is 0 Å². The summed E-state index contributed by atoms with van der Waals surface area (Å²) in [4.78, 5) is 11.3. The Morgan fingerprint density at radius 2 is 1.93 bits per heavy atom. The van der Waals surface area contributed by atoms with Crippen LogP contribution in [0.3, 0.4) is 0 Å². The maximum atomic E-state index is 11.3. The van der Waals surface area contributed by atoms with Gasteiger partial charge in [-0.05, 0) is 38.0 Å². The molecule has 1 nitrogen and oxygen atoms in total. The Morgan fingerprint density at radius 3 is 2.50 bits per heavy atom. The molecular weight excluding hydrogens is 172 g/mol. The van der Waals surface area contributed by atoms with Crippen molar-refractivity contribution < 1.29 is 4.79 Å². The smallest absolute Gasteiger partial charge is 0.126 e. The highest BCUT2D eigenvalue weighted by Gasteiger charge is 2.38. The Hall–Kier alpha value is -0.590. The molecule has 0 aliphatic heterocycles. The number of carbonyl (C=O) groups is 1. The second-order valence-corrected chi connectivity index (χ2v) is 4.90. The van der Waals surface area contributed by atoms with Gasteiger partial charge in [0.25, 0.3) is 0 Å². The highest BCUT2D eigenvalue weighted by Crippen LogP contribution is 2.44. The monoisotopic (exact) mass is 192 g/mol. The SMILES string of the molecule is O=CC1(C2CCCCC2)CC=CCC1. The quantitative estimate of drug-likeness (QED) is 0.483. The van der Waals surface area contributed by atoms with Crippen LogP contribution >= 0.6 is 0 Å². The number of hydrogen-bond donors (Lipinski definition) is 0. The van der Waals surface area contributed by atoms with Crippen molar-refractivity contribution >= 4 is 6.29 Å². The molecule has 0 bridgehead atoms. The lowest BCUT2D eigenvalue weighted by atomic mass is 9.64. The van der Waals surface area contributed by atoms with E-state index in [1.165, 1.54) is 38.4 Å². The van der Waals surface area contributed by atoms with Crippen LogP contribution in [0, 0.1) is 11.3 Å². The molecule has 0 radical (unpaired) electrons. The van der Waals surface area contributed by atoms with Crippen LogP contribution in [0.4, 0.5) is 0 Å². The van der Waals surface area contributed by atoms with E-state index in [-0.39, 0.29) is 5.41 Å². The molecule has 1 saturated carbocycles. The predicted octanol–water partition coefficient (Wildman–Crippen LogP) is 3.49. The first-order valence-corrected chi connectivity index (χ1v) is 5.99. The van der Waals surface area contributed by atoms with Gasteiger partial charge >= 0.3 is 0 Å². The van der Waals surface area contributed by atoms with E-state index in [1.807, 2.05) is 0 Å². The van der Waals surface area contributed by atoms with E-state index in [0.29, 0.717) is 5.92 Å². The van der Waals surface area contributed by atoms with Crippen molar-refractivity contribution in [2.45, 2.75) is 51.4 Å². The molecule has 0 aromatic heterocycles. The fraction of sp³-hybridized carbons (Fsp3) is 0.769. The number of aldehydes is 1. The average Bonchev–Trinajstić information content (AvgIpc) is 2.31. The highest BCUT2D eigenvalue weighted by atomic mass is 16.1. The van der Waals surface area contributed by atoms with E-state index >= 15 is 0 Å². The molecule has 14 heavy (non-hydrogen) atoms. The predicted molar refractivity (Wildman–Crippen MR) is 58.1 cm³/mol. The first-order valence-electron chi connectivity index (χ1n) is 5.99. The molecule has 78 valence electrons. The van der Waals surface area contributed by atoms with E-state index in [0.717, 1.165) is 19.3 Å². The summed E-state index contributed by atoms with van der Waals surface area (Å²) in [6.07, 6.45) is 15.5. The molecular formula is C13H20O. The molecule has 1 atom stereocenters. The van der Waals surface area contributed by atoms with Gasteiger partial charge in [-0.1, -0.05) is 31.4 Å². The van der Waals surface area contributed by atoms with Gasteiger partial charge in [0.15, 0.2) is 0 Å². The summed E-state index contributed by atoms with van der Waals surface area (Å²) in [7, 11) is 0. The Morgan fingerprint density at radius 1 is 1.14 bits per heavy atom. The summed E-state index contributed by atoms with van der Waals surface area (Å²) in [5.74, 6) is 0.679. The minimum Gasteiger partial charge on any atom is -0.303 e. The second-order valence-electron chi connectivity index (χ2n) is 4.90. The largest absolute Gasteiger partial charge is 0.303 e. The highest BCUT2D eigenvalue weighted by molar-refractivity contribution is 5.61. The minimum atomic E-state index is 0.0230. The lowest BCUT2D eigenvalue weighted by Gasteiger charge is -2.39. The molecule has 0 N–H and O–H groups in total. The second kappa shape index (κ2) is 4.29. The maximum Gasteiger partial charge on any atom is 0.126 e. The summed E-state index contributed by atoms with van der Waals surface area (Å²) < 4.78 is 0. The molecule has 0 aromatic carbocycles. The Kier molecular flexibility index (Phi) is 3.05. The van der Waals surface area contributed by atoms with Crippen LogP contribution in [0.5, 0.6) is 0 Å². The molecule has 1 heteroatoms. The van der Waals surface area contributed by atoms with E-state index < -0.39 is 0 Å². The van der Waals surface area contributed by atoms with Gasteiger partial charge in [0.1, 0.15) is 6.29 Å². The summed E-state index contributed by atoms with van der Waals surface area (Å²) >= 11 is 0. The van der Waals surface area contributed by atoms with Crippen LogP contribution in [0.15, 0.2) is 12.2 Å². The van der Waals surface area contributed by atoms with Gasteiger partial charge in [0, 0.05) is 5.41 Å². The van der Waals surface area contributed by atoms with E-state index in [9.17, 15) is 4.79 Å². The minimum absolute atomic E-state index is 0.0230. The van der Waals surface area contributed by atoms with Crippen molar-refractivity contribution in [2.24, 2.45) is 11.3 Å². The van der Waals surface area contributed by atoms with Gasteiger partial charge in [-0.25, -0.2) is 0 Å². The first kappa shape index (κ1) is 9.95. The maximum absolute atomic E-state index is 11.3. The molecule has 1 fully saturated rings. The van der Waals surface area contributed by atoms with Gasteiger partial charge in [-0.3, -0.25) is 0 Å². The summed E-state index contributed by atoms with van der Waals surface area (Å²) in [6, 6.07) is 0. The molecule has 1 unspecified atom stereocenters. The van der Waals surface area contributed by atoms with Gasteiger partial charge < -0.3 is 4.79 Å². The van der Waals surface area contributed by atoms with Crippen LogP contribution in [0.2, 0.25) is 0 Å². The van der Waals surface area contributed by atoms with Crippen LogP contribution in [-0.4, -0.2) is 6.29 Å². The van der Waals surface area contributed by atoms with E-state index in [4.69, 9.17) is 0 Å². The lowest BCUT2D eigenvalue weighted by Crippen LogP contribution is -2.34. The number of hydrogen-bond acceptors (Lipinski definition) is 1. The topological polar surface area (TPSA) is 17.1 Å². The zero-order valence-corrected chi connectivity index (χ0v) is 8.87. The zero-order chi connectivity index (χ0) is 9.86.